The van der Waals surface area contributed by atoms with Crippen LogP contribution < -0.4 is 0 Å². The van der Waals surface area contributed by atoms with Crippen LogP contribution in [-0.4, -0.2) is 28.3 Å². The third kappa shape index (κ3) is 2.28. The van der Waals surface area contributed by atoms with Crippen molar-refractivity contribution in [3.05, 3.63) is 34.9 Å². The highest BCUT2D eigenvalue weighted by molar-refractivity contribution is 6.31. The van der Waals surface area contributed by atoms with E-state index in [0.717, 1.165) is 5.56 Å². The quantitative estimate of drug-likeness (QED) is 0.745. The van der Waals surface area contributed by atoms with Crippen molar-refractivity contribution in [2.45, 2.75) is 18.8 Å². The lowest BCUT2D eigenvalue weighted by molar-refractivity contribution is -0.134. The smallest absolute Gasteiger partial charge is 0.192 e. The molecule has 2 rings (SSSR count). The average molecular weight is 228 g/mol. The minimum Gasteiger partial charge on any atom is -0.386 e. The van der Waals surface area contributed by atoms with Crippen molar-refractivity contribution in [1.82, 2.24) is 0 Å². The van der Waals surface area contributed by atoms with E-state index in [1.807, 2.05) is 12.1 Å². The van der Waals surface area contributed by atoms with Crippen LogP contribution in [0.25, 0.3) is 0 Å². The number of rotatable bonds is 2. The van der Waals surface area contributed by atoms with Gasteiger partial charge >= 0.3 is 0 Å². The number of aliphatic hydroxyl groups excluding tert-OH is 1. The number of aliphatic hydroxyl groups is 2. The Morgan fingerprint density at radius 1 is 1.47 bits per heavy atom. The molecule has 0 spiro atoms. The Kier molecular flexibility index (Phi) is 2.90. The van der Waals surface area contributed by atoms with E-state index in [1.54, 1.807) is 12.1 Å². The van der Waals surface area contributed by atoms with Crippen molar-refractivity contribution in [2.24, 2.45) is 5.16 Å². The van der Waals surface area contributed by atoms with Crippen LogP contribution in [0.4, 0.5) is 0 Å². The minimum absolute atomic E-state index is 0.373. The third-order valence-electron chi connectivity index (χ3n) is 2.18. The van der Waals surface area contributed by atoms with Crippen LogP contribution in [0.5, 0.6) is 0 Å². The molecule has 1 aromatic carbocycles. The first-order valence-electron chi connectivity index (χ1n) is 4.51. The molecule has 1 aliphatic rings. The molecule has 0 aromatic heterocycles. The lowest BCUT2D eigenvalue weighted by atomic mass is 10.1. The monoisotopic (exact) mass is 227 g/mol. The molecule has 15 heavy (non-hydrogen) atoms. The summed E-state index contributed by atoms with van der Waals surface area (Å²) in [6, 6.07) is 7.18. The molecule has 0 amide bonds. The minimum atomic E-state index is -1.51. The molecule has 0 bridgehead atoms. The third-order valence-corrected chi connectivity index (χ3v) is 2.42. The van der Waals surface area contributed by atoms with Crippen LogP contribution in [0.15, 0.2) is 29.4 Å². The second-order valence-electron chi connectivity index (χ2n) is 3.31. The summed E-state index contributed by atoms with van der Waals surface area (Å²) in [7, 11) is 0. The number of benzene rings is 1. The van der Waals surface area contributed by atoms with Crippen molar-refractivity contribution in [3.63, 3.8) is 0 Å². The molecule has 0 radical (unpaired) electrons. The van der Waals surface area contributed by atoms with Gasteiger partial charge in [0.1, 0.15) is 0 Å². The maximum atomic E-state index is 8.90. The Morgan fingerprint density at radius 2 is 2.27 bits per heavy atom. The van der Waals surface area contributed by atoms with Gasteiger partial charge in [0.2, 0.25) is 0 Å². The number of hydrogen-bond donors (Lipinski definition) is 2. The zero-order chi connectivity index (χ0) is 10.8. The zero-order valence-electron chi connectivity index (χ0n) is 7.80. The van der Waals surface area contributed by atoms with Crippen molar-refractivity contribution in [1.29, 1.82) is 0 Å². The number of hydrogen-bond acceptors (Lipinski definition) is 4. The summed E-state index contributed by atoms with van der Waals surface area (Å²) in [4.78, 5) is 4.87. The highest BCUT2D eigenvalue weighted by Crippen LogP contribution is 2.20. The van der Waals surface area contributed by atoms with E-state index in [4.69, 9.17) is 26.7 Å². The van der Waals surface area contributed by atoms with Crippen LogP contribution in [0.3, 0.4) is 0 Å². The standard InChI is InChI=1S/C10H10ClNO3/c11-7-3-1-2-6(4-7)8-5-9(10(13)14)15-12-8/h1-4,9-10,13-14H,5H2. The van der Waals surface area contributed by atoms with Gasteiger partial charge in [-0.3, -0.25) is 0 Å². The lowest BCUT2D eigenvalue weighted by Crippen LogP contribution is -2.25. The fourth-order valence-corrected chi connectivity index (χ4v) is 1.59. The van der Waals surface area contributed by atoms with Gasteiger partial charge in [-0.15, -0.1) is 0 Å². The molecule has 5 heteroatoms. The molecule has 1 heterocycles. The van der Waals surface area contributed by atoms with Crippen LogP contribution in [0.2, 0.25) is 5.02 Å². The summed E-state index contributed by atoms with van der Waals surface area (Å²) < 4.78 is 0. The highest BCUT2D eigenvalue weighted by Gasteiger charge is 2.27. The fraction of sp³-hybridized carbons (Fsp3) is 0.300. The summed E-state index contributed by atoms with van der Waals surface area (Å²) in [5, 5.41) is 22.2. The summed E-state index contributed by atoms with van der Waals surface area (Å²) in [5.74, 6) is 0. The van der Waals surface area contributed by atoms with Crippen LogP contribution in [-0.2, 0) is 4.84 Å². The molecular formula is C10H10ClNO3. The second kappa shape index (κ2) is 4.18. The molecule has 4 nitrogen and oxygen atoms in total. The number of oxime groups is 1. The number of halogens is 1. The van der Waals surface area contributed by atoms with Gasteiger partial charge in [-0.2, -0.15) is 0 Å². The summed E-state index contributed by atoms with van der Waals surface area (Å²) in [6.45, 7) is 0. The Morgan fingerprint density at radius 3 is 2.87 bits per heavy atom. The first-order chi connectivity index (χ1) is 7.16. The van der Waals surface area contributed by atoms with Gasteiger partial charge in [-0.05, 0) is 12.1 Å². The summed E-state index contributed by atoms with van der Waals surface area (Å²) in [6.07, 6.45) is -1.82. The summed E-state index contributed by atoms with van der Waals surface area (Å²) >= 11 is 5.83. The second-order valence-corrected chi connectivity index (χ2v) is 3.75. The van der Waals surface area contributed by atoms with Gasteiger partial charge in [0.05, 0.1) is 5.71 Å². The van der Waals surface area contributed by atoms with Crippen molar-refractivity contribution in [2.75, 3.05) is 0 Å². The van der Waals surface area contributed by atoms with Gasteiger partial charge in [0, 0.05) is 17.0 Å². The maximum absolute atomic E-state index is 8.90. The molecule has 0 aliphatic carbocycles. The van der Waals surface area contributed by atoms with Crippen LogP contribution >= 0.6 is 11.6 Å². The molecule has 1 aliphatic heterocycles. The van der Waals surface area contributed by atoms with E-state index in [9.17, 15) is 0 Å². The summed E-state index contributed by atoms with van der Waals surface area (Å²) in [5.41, 5.74) is 1.52. The van der Waals surface area contributed by atoms with Gasteiger partial charge < -0.3 is 15.1 Å². The predicted molar refractivity (Wildman–Crippen MR) is 55.7 cm³/mol. The van der Waals surface area contributed by atoms with E-state index >= 15 is 0 Å². The molecule has 1 atom stereocenters. The maximum Gasteiger partial charge on any atom is 0.192 e. The Balaban J connectivity index is 2.14. The van der Waals surface area contributed by atoms with Crippen molar-refractivity contribution in [3.8, 4) is 0 Å². The molecule has 80 valence electrons. The zero-order valence-corrected chi connectivity index (χ0v) is 8.55. The molecule has 0 saturated carbocycles. The number of nitrogens with zero attached hydrogens (tertiary/aromatic N) is 1. The van der Waals surface area contributed by atoms with Crippen LogP contribution in [0, 0.1) is 0 Å². The SMILES string of the molecule is OC(O)C1CC(c2cccc(Cl)c2)=NO1. The predicted octanol–water partition coefficient (Wildman–Crippen LogP) is 1.14. The van der Waals surface area contributed by atoms with E-state index in [1.165, 1.54) is 0 Å². The topological polar surface area (TPSA) is 62.0 Å². The molecule has 0 saturated heterocycles. The van der Waals surface area contributed by atoms with Gasteiger partial charge in [0.25, 0.3) is 0 Å². The van der Waals surface area contributed by atoms with Gasteiger partial charge in [-0.1, -0.05) is 28.9 Å². The van der Waals surface area contributed by atoms with E-state index in [-0.39, 0.29) is 0 Å². The van der Waals surface area contributed by atoms with Gasteiger partial charge in [0.15, 0.2) is 12.4 Å². The molecular weight excluding hydrogens is 218 g/mol. The van der Waals surface area contributed by atoms with Crippen LogP contribution in [0.1, 0.15) is 12.0 Å². The first kappa shape index (κ1) is 10.4. The van der Waals surface area contributed by atoms with Gasteiger partial charge in [-0.25, -0.2) is 0 Å². The average Bonchev–Trinajstić information content (AvgIpc) is 2.66. The molecule has 1 unspecified atom stereocenters. The molecule has 0 fully saturated rings. The Hall–Kier alpha value is -1.10. The van der Waals surface area contributed by atoms with Crippen molar-refractivity contribution >= 4 is 17.3 Å². The first-order valence-corrected chi connectivity index (χ1v) is 4.89. The normalized spacial score (nSPS) is 20.3. The highest BCUT2D eigenvalue weighted by atomic mass is 35.5. The lowest BCUT2D eigenvalue weighted by Gasteiger charge is -2.08. The van der Waals surface area contributed by atoms with E-state index in [0.29, 0.717) is 17.2 Å². The Labute approximate surface area is 91.7 Å². The van der Waals surface area contributed by atoms with E-state index < -0.39 is 12.4 Å². The van der Waals surface area contributed by atoms with Crippen molar-refractivity contribution < 1.29 is 15.1 Å². The Bertz CT molecular complexity index is 392. The fourth-order valence-electron chi connectivity index (χ4n) is 1.39. The van der Waals surface area contributed by atoms with E-state index in [2.05, 4.69) is 5.16 Å². The molecule has 2 N–H and O–H groups in total. The molecule has 1 aromatic rings. The largest absolute Gasteiger partial charge is 0.386 e.